The number of nitrogens with one attached hydrogen (secondary N) is 1. The molecule has 5 rings (SSSR count). The second-order valence-electron chi connectivity index (χ2n) is 10.9. The van der Waals surface area contributed by atoms with E-state index in [1.807, 2.05) is 22.9 Å². The normalized spacial score (nSPS) is 15.7. The molecule has 1 atom stereocenters. The van der Waals surface area contributed by atoms with Crippen LogP contribution in [0.2, 0.25) is 0 Å². The van der Waals surface area contributed by atoms with Crippen LogP contribution in [0.1, 0.15) is 58.8 Å². The third-order valence-corrected chi connectivity index (χ3v) is 9.05. The summed E-state index contributed by atoms with van der Waals surface area (Å²) in [6, 6.07) is 14.1. The number of pyridine rings is 1. The number of anilines is 1. The molecule has 3 aromatic heterocycles. The van der Waals surface area contributed by atoms with Gasteiger partial charge >= 0.3 is 0 Å². The highest BCUT2D eigenvalue weighted by Gasteiger charge is 2.40. The second-order valence-corrected chi connectivity index (χ2v) is 12.9. The quantitative estimate of drug-likeness (QED) is 0.326. The Bertz CT molecular complexity index is 1490. The first-order valence-electron chi connectivity index (χ1n) is 13.0. The highest BCUT2D eigenvalue weighted by atomic mass is 32.2. The topological polar surface area (TPSA) is 80.1 Å². The van der Waals surface area contributed by atoms with Crippen molar-refractivity contribution in [1.82, 2.24) is 20.1 Å². The predicted molar refractivity (Wildman–Crippen MR) is 159 cm³/mol. The van der Waals surface area contributed by atoms with Crippen LogP contribution in [0.15, 0.2) is 60.2 Å². The van der Waals surface area contributed by atoms with Crippen LogP contribution < -0.4 is 10.2 Å². The number of hydrogen-bond acceptors (Lipinski definition) is 6. The number of thioether (sulfide) groups is 1. The lowest BCUT2D eigenvalue weighted by Crippen LogP contribution is -2.42. The molecule has 2 amide bonds. The summed E-state index contributed by atoms with van der Waals surface area (Å²) >= 11 is 3.29. The van der Waals surface area contributed by atoms with Crippen molar-refractivity contribution in [1.29, 1.82) is 0 Å². The molecule has 1 N–H and O–H groups in total. The van der Waals surface area contributed by atoms with Gasteiger partial charge in [-0.1, -0.05) is 44.5 Å². The van der Waals surface area contributed by atoms with Crippen LogP contribution in [-0.2, 0) is 21.5 Å². The SMILES string of the molecule is Cc1ccc(-n2nc(C(C)(C)C)c3c2N(CC(=O)NCc2ccncc2)C(=O)CS[C@H]3c2cccs2)c(C)c1. The molecular weight excluding hydrogens is 526 g/mol. The smallest absolute Gasteiger partial charge is 0.240 e. The van der Waals surface area contributed by atoms with Gasteiger partial charge in [-0.05, 0) is 54.6 Å². The van der Waals surface area contributed by atoms with Crippen molar-refractivity contribution in [3.63, 3.8) is 0 Å². The molecule has 1 aliphatic heterocycles. The highest BCUT2D eigenvalue weighted by Crippen LogP contribution is 2.49. The summed E-state index contributed by atoms with van der Waals surface area (Å²) in [5.74, 6) is 0.618. The summed E-state index contributed by atoms with van der Waals surface area (Å²) in [4.78, 5) is 33.9. The van der Waals surface area contributed by atoms with E-state index in [-0.39, 0.29) is 34.8 Å². The lowest BCUT2D eigenvalue weighted by atomic mass is 9.88. The number of benzene rings is 1. The Kier molecular flexibility index (Phi) is 7.64. The molecule has 0 spiro atoms. The summed E-state index contributed by atoms with van der Waals surface area (Å²) in [6.45, 7) is 10.8. The molecule has 0 aliphatic carbocycles. The average molecular weight is 560 g/mol. The van der Waals surface area contributed by atoms with E-state index in [1.165, 1.54) is 4.88 Å². The average Bonchev–Trinajstić information content (AvgIpc) is 3.53. The number of carbonyl (C=O) groups is 2. The van der Waals surface area contributed by atoms with E-state index in [0.29, 0.717) is 12.4 Å². The largest absolute Gasteiger partial charge is 0.350 e. The minimum absolute atomic E-state index is 0.0671. The Hall–Kier alpha value is -3.43. The van der Waals surface area contributed by atoms with E-state index in [0.717, 1.165) is 33.6 Å². The van der Waals surface area contributed by atoms with Crippen molar-refractivity contribution in [2.45, 2.75) is 51.8 Å². The molecule has 4 heterocycles. The second kappa shape index (κ2) is 11.0. The first-order valence-corrected chi connectivity index (χ1v) is 14.9. The first kappa shape index (κ1) is 27.1. The summed E-state index contributed by atoms with van der Waals surface area (Å²) in [7, 11) is 0. The molecule has 1 aromatic carbocycles. The van der Waals surface area contributed by atoms with Gasteiger partial charge in [0, 0.05) is 34.8 Å². The molecule has 0 saturated carbocycles. The van der Waals surface area contributed by atoms with Crippen molar-refractivity contribution in [2.24, 2.45) is 0 Å². The third-order valence-electron chi connectivity index (χ3n) is 6.72. The monoisotopic (exact) mass is 559 g/mol. The molecule has 0 unspecified atom stereocenters. The van der Waals surface area contributed by atoms with Crippen molar-refractivity contribution in [3.05, 3.63) is 93.1 Å². The standard InChI is InChI=1S/C30H33N5O2S2/c1-19-8-9-22(20(2)15-19)35-29-26(28(33-35)30(3,4)5)27(23-7-6-14-38-23)39-18-25(37)34(29)17-24(36)32-16-21-10-12-31-13-11-21/h6-15,27H,16-18H2,1-5H3,(H,32,36)/t27-/m0/s1. The molecule has 9 heteroatoms. The zero-order valence-corrected chi connectivity index (χ0v) is 24.5. The van der Waals surface area contributed by atoms with E-state index < -0.39 is 0 Å². The number of fused-ring (bicyclic) bond motifs is 1. The summed E-state index contributed by atoms with van der Waals surface area (Å²) in [5.41, 5.74) is 5.71. The molecule has 7 nitrogen and oxygen atoms in total. The van der Waals surface area contributed by atoms with Crippen molar-refractivity contribution in [3.8, 4) is 5.69 Å². The molecule has 0 saturated heterocycles. The molecule has 4 aromatic rings. The van der Waals surface area contributed by atoms with Gasteiger partial charge in [0.15, 0.2) is 0 Å². The maximum atomic E-state index is 13.8. The fourth-order valence-electron chi connectivity index (χ4n) is 4.85. The fourth-order valence-corrected chi connectivity index (χ4v) is 7.03. The first-order chi connectivity index (χ1) is 18.6. The van der Waals surface area contributed by atoms with Gasteiger partial charge < -0.3 is 5.32 Å². The lowest BCUT2D eigenvalue weighted by Gasteiger charge is -2.24. The number of thiophene rings is 1. The van der Waals surface area contributed by atoms with Gasteiger partial charge in [0.1, 0.15) is 12.4 Å². The summed E-state index contributed by atoms with van der Waals surface area (Å²) < 4.78 is 1.89. The van der Waals surface area contributed by atoms with E-state index in [1.54, 1.807) is 40.4 Å². The number of carbonyl (C=O) groups excluding carboxylic acids is 2. The molecule has 0 radical (unpaired) electrons. The van der Waals surface area contributed by atoms with Gasteiger partial charge in [-0.2, -0.15) is 5.10 Å². The number of amides is 2. The molecular formula is C30H33N5O2S2. The Morgan fingerprint density at radius 3 is 2.56 bits per heavy atom. The molecule has 0 fully saturated rings. The highest BCUT2D eigenvalue weighted by molar-refractivity contribution is 8.00. The maximum absolute atomic E-state index is 13.8. The van der Waals surface area contributed by atoms with Crippen LogP contribution in [0.25, 0.3) is 5.69 Å². The van der Waals surface area contributed by atoms with Gasteiger partial charge in [-0.3, -0.25) is 19.5 Å². The molecule has 1 aliphatic rings. The number of nitrogens with zero attached hydrogens (tertiary/aromatic N) is 4. The molecule has 39 heavy (non-hydrogen) atoms. The fraction of sp³-hybridized carbons (Fsp3) is 0.333. The van der Waals surface area contributed by atoms with Crippen LogP contribution in [0.5, 0.6) is 0 Å². The zero-order valence-electron chi connectivity index (χ0n) is 22.9. The van der Waals surface area contributed by atoms with Crippen LogP contribution >= 0.6 is 23.1 Å². The number of aryl methyl sites for hydroxylation is 2. The van der Waals surface area contributed by atoms with Gasteiger partial charge in [0.25, 0.3) is 0 Å². The Labute approximate surface area is 237 Å². The van der Waals surface area contributed by atoms with Crippen LogP contribution in [-0.4, -0.2) is 38.9 Å². The Balaban J connectivity index is 1.65. The Morgan fingerprint density at radius 2 is 1.90 bits per heavy atom. The lowest BCUT2D eigenvalue weighted by molar-refractivity contribution is -0.123. The van der Waals surface area contributed by atoms with E-state index in [2.05, 4.69) is 74.6 Å². The third kappa shape index (κ3) is 5.65. The zero-order chi connectivity index (χ0) is 27.7. The number of aromatic nitrogens is 3. The van der Waals surface area contributed by atoms with Gasteiger partial charge in [0.2, 0.25) is 11.8 Å². The van der Waals surface area contributed by atoms with Crippen LogP contribution in [0, 0.1) is 13.8 Å². The van der Waals surface area contributed by atoms with E-state index in [9.17, 15) is 9.59 Å². The summed E-state index contributed by atoms with van der Waals surface area (Å²) in [6.07, 6.45) is 3.40. The number of hydrogen-bond donors (Lipinski definition) is 1. The van der Waals surface area contributed by atoms with E-state index in [4.69, 9.17) is 5.10 Å². The van der Waals surface area contributed by atoms with Crippen LogP contribution in [0.4, 0.5) is 5.82 Å². The van der Waals surface area contributed by atoms with Crippen molar-refractivity contribution < 1.29 is 9.59 Å². The predicted octanol–water partition coefficient (Wildman–Crippen LogP) is 5.73. The summed E-state index contributed by atoms with van der Waals surface area (Å²) in [5, 5.41) is 10.2. The number of rotatable bonds is 6. The van der Waals surface area contributed by atoms with Crippen LogP contribution in [0.3, 0.4) is 0 Å². The van der Waals surface area contributed by atoms with Gasteiger partial charge in [0.05, 0.1) is 22.4 Å². The minimum atomic E-state index is -0.285. The van der Waals surface area contributed by atoms with Crippen molar-refractivity contribution in [2.75, 3.05) is 17.2 Å². The van der Waals surface area contributed by atoms with Gasteiger partial charge in [-0.15, -0.1) is 23.1 Å². The molecule has 0 bridgehead atoms. The minimum Gasteiger partial charge on any atom is -0.350 e. The van der Waals surface area contributed by atoms with Gasteiger partial charge in [-0.25, -0.2) is 4.68 Å². The Morgan fingerprint density at radius 1 is 1.13 bits per heavy atom. The van der Waals surface area contributed by atoms with Crippen molar-refractivity contribution >= 4 is 40.7 Å². The van der Waals surface area contributed by atoms with E-state index >= 15 is 0 Å². The molecule has 202 valence electrons. The maximum Gasteiger partial charge on any atom is 0.240 e.